The number of aromatic nitrogens is 9. The lowest BCUT2D eigenvalue weighted by Gasteiger charge is -2.11. The molecule has 9 nitrogen and oxygen atoms in total. The van der Waals surface area contributed by atoms with E-state index < -0.39 is 0 Å². The maximum atomic E-state index is 5.02. The van der Waals surface area contributed by atoms with E-state index in [0.717, 1.165) is 63.7 Å². The molecule has 5 heterocycles. The Morgan fingerprint density at radius 1 is 0.348 bits per heavy atom. The summed E-state index contributed by atoms with van der Waals surface area (Å²) in [5, 5.41) is 3.62. The first-order chi connectivity index (χ1) is 43.6. The molecule has 0 unspecified atom stereocenters. The fraction of sp³-hybridized carbons (Fsp3) is 0.337. The summed E-state index contributed by atoms with van der Waals surface area (Å²) < 4.78 is 8.50. The maximum absolute atomic E-state index is 5.02. The molecule has 0 fully saturated rings. The van der Waals surface area contributed by atoms with Crippen molar-refractivity contribution in [3.8, 4) is 45.6 Å². The summed E-state index contributed by atoms with van der Waals surface area (Å²) in [4.78, 5) is 24.5. The van der Waals surface area contributed by atoms with E-state index in [-0.39, 0.29) is 0 Å². The lowest BCUT2D eigenvalue weighted by molar-refractivity contribution is -0.661. The van der Waals surface area contributed by atoms with E-state index in [0.29, 0.717) is 23.7 Å². The zero-order valence-corrected chi connectivity index (χ0v) is 59.2. The van der Waals surface area contributed by atoms with Crippen LogP contribution in [0.2, 0.25) is 0 Å². The molecule has 9 heteroatoms. The molecule has 0 aliphatic carbocycles. The number of nitrogens with zero attached hydrogens (tertiary/aromatic N) is 9. The highest BCUT2D eigenvalue weighted by molar-refractivity contribution is 5.84. The Morgan fingerprint density at radius 2 is 0.793 bits per heavy atom. The third kappa shape index (κ3) is 15.5. The number of hydrogen-bond acceptors (Lipinski definition) is 5. The zero-order valence-electron chi connectivity index (χ0n) is 59.2. The van der Waals surface area contributed by atoms with Crippen LogP contribution >= 0.6 is 0 Å². The molecule has 0 atom stereocenters. The fourth-order valence-electron chi connectivity index (χ4n) is 12.6. The van der Waals surface area contributed by atoms with Gasteiger partial charge in [-0.2, -0.15) is 0 Å². The molecule has 0 saturated carbocycles. The van der Waals surface area contributed by atoms with Gasteiger partial charge < -0.3 is 0 Å². The van der Waals surface area contributed by atoms with Crippen LogP contribution in [-0.2, 0) is 41.0 Å². The Morgan fingerprint density at radius 3 is 1.30 bits per heavy atom. The van der Waals surface area contributed by atoms with Crippen LogP contribution in [0.1, 0.15) is 145 Å². The molecular weight excluding hydrogens is 1120 g/mol. The number of aryl methyl sites for hydroxylation is 11. The molecule has 0 spiro atoms. The van der Waals surface area contributed by atoms with E-state index in [1.165, 1.54) is 116 Å². The van der Waals surface area contributed by atoms with Crippen LogP contribution < -0.4 is 18.3 Å². The van der Waals surface area contributed by atoms with Crippen molar-refractivity contribution in [2.24, 2.45) is 40.0 Å². The van der Waals surface area contributed by atoms with Crippen molar-refractivity contribution in [3.63, 3.8) is 0 Å². The molecule has 0 aliphatic rings. The van der Waals surface area contributed by atoms with Crippen LogP contribution in [0.3, 0.4) is 0 Å². The molecule has 92 heavy (non-hydrogen) atoms. The normalized spacial score (nSPS) is 11.4. The van der Waals surface area contributed by atoms with Gasteiger partial charge in [0.15, 0.2) is 22.1 Å². The van der Waals surface area contributed by atoms with Crippen LogP contribution in [0, 0.1) is 81.1 Å². The van der Waals surface area contributed by atoms with E-state index in [4.69, 9.17) is 19.9 Å². The highest BCUT2D eigenvalue weighted by Gasteiger charge is 2.24. The second-order valence-corrected chi connectivity index (χ2v) is 27.5. The number of pyridine rings is 1. The summed E-state index contributed by atoms with van der Waals surface area (Å²) in [6.07, 6.45) is 12.7. The zero-order chi connectivity index (χ0) is 66.6. The number of fused-ring (bicyclic) bond motifs is 4. The molecule has 472 valence electrons. The van der Waals surface area contributed by atoms with Crippen molar-refractivity contribution in [1.82, 2.24) is 24.9 Å². The molecule has 7 aromatic carbocycles. The topological polar surface area (TPSA) is 80.0 Å². The van der Waals surface area contributed by atoms with Gasteiger partial charge in [-0.05, 0) is 264 Å². The van der Waals surface area contributed by atoms with E-state index in [1.54, 1.807) is 0 Å². The van der Waals surface area contributed by atoms with Crippen molar-refractivity contribution in [3.05, 3.63) is 230 Å². The Balaban J connectivity index is 0.000000145. The van der Waals surface area contributed by atoms with Gasteiger partial charge in [-0.15, -0.1) is 0 Å². The predicted octanol–water partition coefficient (Wildman–Crippen LogP) is 18.0. The average molecular weight is 1220 g/mol. The summed E-state index contributed by atoms with van der Waals surface area (Å²) in [5.74, 6) is 6.36. The minimum Gasteiger partial charge on any atom is -0.248 e. The number of rotatable bonds is 10. The minimum atomic E-state index is 0.495. The highest BCUT2D eigenvalue weighted by Crippen LogP contribution is 2.31. The Kier molecular flexibility index (Phi) is 21.0. The largest absolute Gasteiger partial charge is 0.331 e. The molecule has 0 N–H and O–H groups in total. The molecule has 0 radical (unpaired) electrons. The lowest BCUT2D eigenvalue weighted by atomic mass is 9.97. The minimum absolute atomic E-state index is 0.495. The molecule has 0 bridgehead atoms. The first kappa shape index (κ1) is 67.4. The van der Waals surface area contributed by atoms with Crippen LogP contribution in [0.4, 0.5) is 0 Å². The van der Waals surface area contributed by atoms with Crippen LogP contribution in [0.25, 0.3) is 89.3 Å². The maximum Gasteiger partial charge on any atom is 0.331 e. The summed E-state index contributed by atoms with van der Waals surface area (Å²) in [7, 11) is 8.28. The molecule has 0 amide bonds. The van der Waals surface area contributed by atoms with Gasteiger partial charge in [0.25, 0.3) is 0 Å². The fourth-order valence-corrected chi connectivity index (χ4v) is 12.6. The van der Waals surface area contributed by atoms with E-state index in [9.17, 15) is 0 Å². The third-order valence-electron chi connectivity index (χ3n) is 17.9. The Labute approximate surface area is 549 Å². The molecule has 0 aliphatic heterocycles. The first-order valence-electron chi connectivity index (χ1n) is 33.0. The summed E-state index contributed by atoms with van der Waals surface area (Å²) in [6, 6.07) is 43.7. The van der Waals surface area contributed by atoms with Crippen LogP contribution in [0.5, 0.6) is 0 Å². The highest BCUT2D eigenvalue weighted by atomic mass is 15.0. The van der Waals surface area contributed by atoms with Gasteiger partial charge in [0.05, 0.1) is 66.6 Å². The van der Waals surface area contributed by atoms with Crippen molar-refractivity contribution < 1.29 is 18.3 Å². The van der Waals surface area contributed by atoms with Gasteiger partial charge in [0, 0.05) is 6.20 Å². The SMILES string of the molecule is Cc1cc(C)c(C)c(-c2nc3cc(C(C)C)ccc3c[n+]2C)c1.Cc1cc(C)c(C)c(-c2nc3cc(CC(C)C)ccc3c[n+]2C)c1.Cc1cc(C)c(C)c(-c2nc3cccc(C(C)C)c3c[n+]2C)c1.Cc1ccccc1-c1nc2cc(CC(C)C)cnc2c[n+]1C. The van der Waals surface area contributed by atoms with Gasteiger partial charge >= 0.3 is 23.3 Å². The summed E-state index contributed by atoms with van der Waals surface area (Å²) in [5.41, 5.74) is 28.2. The predicted molar refractivity (Wildman–Crippen MR) is 384 cm³/mol. The van der Waals surface area contributed by atoms with Gasteiger partial charge in [-0.25, -0.2) is 23.3 Å². The van der Waals surface area contributed by atoms with Crippen molar-refractivity contribution in [1.29, 1.82) is 0 Å². The molecule has 12 aromatic rings. The second-order valence-electron chi connectivity index (χ2n) is 27.5. The summed E-state index contributed by atoms with van der Waals surface area (Å²) in [6.45, 7) is 39.5. The average Bonchev–Trinajstić information content (AvgIpc) is 0.804. The molecule has 0 saturated heterocycles. The van der Waals surface area contributed by atoms with E-state index in [1.807, 2.05) is 13.2 Å². The van der Waals surface area contributed by atoms with Gasteiger partial charge in [-0.3, -0.25) is 0 Å². The van der Waals surface area contributed by atoms with Gasteiger partial charge in [-0.1, -0.05) is 116 Å². The van der Waals surface area contributed by atoms with Gasteiger partial charge in [0.1, 0.15) is 24.8 Å². The quantitative estimate of drug-likeness (QED) is 0.127. The third-order valence-corrected chi connectivity index (χ3v) is 17.9. The smallest absolute Gasteiger partial charge is 0.248 e. The van der Waals surface area contributed by atoms with Gasteiger partial charge in [0.2, 0.25) is 5.52 Å². The van der Waals surface area contributed by atoms with E-state index in [2.05, 4.69) is 315 Å². The second kappa shape index (κ2) is 28.7. The first-order valence-corrected chi connectivity index (χ1v) is 33.0. The molecule has 5 aromatic heterocycles. The standard InChI is InChI=1S/C22H27N2.2C21H25N2.C19H22N3/c1-14(2)9-18-7-8-19-13-24(6)22(23-21(19)12-18)20-11-15(3)10-16(4)17(20)5;1-13(2)17-7-8-18-12-23(6)21(22-20(18)11-17)19-10-14(3)9-15(4)16(19)5;1-13(2)17-8-7-9-20-19(17)12-23(6)21(22-20)18-11-14(3)10-15(4)16(18)5;1-13(2)9-15-10-17-18(20-11-15)12-22(4)19(21-17)16-8-6-5-7-14(16)3/h7-8,10-14H,9H2,1-6H3;2*7-13H,1-6H3;5-8,10-13H,9H2,1-4H3/q4*+1. The van der Waals surface area contributed by atoms with Crippen LogP contribution in [0.15, 0.2) is 152 Å². The summed E-state index contributed by atoms with van der Waals surface area (Å²) >= 11 is 0. The Bertz CT molecular complexity index is 4640. The lowest BCUT2D eigenvalue weighted by Crippen LogP contribution is -2.32. The van der Waals surface area contributed by atoms with Crippen LogP contribution in [-0.4, -0.2) is 24.9 Å². The van der Waals surface area contributed by atoms with Crippen molar-refractivity contribution in [2.75, 3.05) is 0 Å². The van der Waals surface area contributed by atoms with Crippen molar-refractivity contribution in [2.45, 2.75) is 149 Å². The number of hydrogen-bond donors (Lipinski definition) is 0. The molecule has 12 rings (SSSR count). The van der Waals surface area contributed by atoms with E-state index >= 15 is 0 Å². The Hall–Kier alpha value is -8.95. The molecular formula is C83H99N9+4. The number of benzene rings is 7. The van der Waals surface area contributed by atoms with Crippen molar-refractivity contribution >= 4 is 43.7 Å². The monoisotopic (exact) mass is 1220 g/mol.